The predicted molar refractivity (Wildman–Crippen MR) is 113 cm³/mol. The van der Waals surface area contributed by atoms with Crippen molar-refractivity contribution in [2.24, 2.45) is 5.92 Å². The van der Waals surface area contributed by atoms with Gasteiger partial charge in [-0.2, -0.15) is 0 Å². The molecule has 31 heavy (non-hydrogen) atoms. The Kier molecular flexibility index (Phi) is 5.75. The molecule has 1 N–H and O–H groups in total. The number of aromatic nitrogens is 1. The molecule has 2 aromatic carbocycles. The van der Waals surface area contributed by atoms with E-state index in [1.165, 1.54) is 22.8 Å². The molecule has 0 aliphatic heterocycles. The summed E-state index contributed by atoms with van der Waals surface area (Å²) in [6, 6.07) is 11.7. The molecular formula is C22H23N3O6. The summed E-state index contributed by atoms with van der Waals surface area (Å²) in [4.78, 5) is 35.0. The fraction of sp³-hybridized carbons (Fsp3) is 0.364. The predicted octanol–water partition coefficient (Wildman–Crippen LogP) is 3.56. The Labute approximate surface area is 177 Å². The van der Waals surface area contributed by atoms with Gasteiger partial charge in [-0.1, -0.05) is 12.1 Å². The van der Waals surface area contributed by atoms with Crippen molar-refractivity contribution in [3.05, 3.63) is 68.7 Å². The maximum atomic E-state index is 12.6. The molecule has 9 nitrogen and oxygen atoms in total. The summed E-state index contributed by atoms with van der Waals surface area (Å²) >= 11 is 0. The van der Waals surface area contributed by atoms with E-state index in [1.807, 2.05) is 24.3 Å². The number of nitro benzene ring substituents is 1. The van der Waals surface area contributed by atoms with Gasteiger partial charge in [-0.3, -0.25) is 19.5 Å². The molecule has 0 bridgehead atoms. The fourth-order valence-corrected chi connectivity index (χ4v) is 3.74. The van der Waals surface area contributed by atoms with Gasteiger partial charge in [-0.05, 0) is 48.9 Å². The summed E-state index contributed by atoms with van der Waals surface area (Å²) in [6.45, 7) is 0.285. The number of carbonyl (C=O) groups is 1. The third-order valence-corrected chi connectivity index (χ3v) is 5.53. The molecule has 1 heterocycles. The van der Waals surface area contributed by atoms with Crippen molar-refractivity contribution in [3.8, 4) is 5.75 Å². The van der Waals surface area contributed by atoms with Gasteiger partial charge >= 0.3 is 5.76 Å². The third kappa shape index (κ3) is 4.60. The second-order valence-corrected chi connectivity index (χ2v) is 7.69. The molecule has 1 fully saturated rings. The first kappa shape index (κ1) is 20.6. The van der Waals surface area contributed by atoms with Crippen LogP contribution >= 0.6 is 0 Å². The van der Waals surface area contributed by atoms with Crippen LogP contribution in [0.1, 0.15) is 37.3 Å². The highest BCUT2D eigenvalue weighted by Gasteiger charge is 2.33. The van der Waals surface area contributed by atoms with Gasteiger partial charge in [0.25, 0.3) is 5.69 Å². The second-order valence-electron chi connectivity index (χ2n) is 7.69. The minimum Gasteiger partial charge on any atom is -0.497 e. The normalized spacial score (nSPS) is 14.4. The van der Waals surface area contributed by atoms with E-state index in [1.54, 1.807) is 7.11 Å². The van der Waals surface area contributed by atoms with Crippen molar-refractivity contribution in [1.29, 1.82) is 0 Å². The van der Waals surface area contributed by atoms with E-state index < -0.39 is 10.7 Å². The number of fused-ring (bicyclic) bond motifs is 1. The molecule has 162 valence electrons. The SMILES string of the molecule is COc1ccc(C(NC(=O)CCCn2c(=O)oc3cc([N+](=O)[O-])ccc32)C2CC2)cc1. The maximum absolute atomic E-state index is 12.6. The van der Waals surface area contributed by atoms with Crippen molar-refractivity contribution in [1.82, 2.24) is 9.88 Å². The first-order valence-electron chi connectivity index (χ1n) is 10.2. The largest absolute Gasteiger partial charge is 0.497 e. The highest BCUT2D eigenvalue weighted by atomic mass is 16.6. The van der Waals surface area contributed by atoms with Crippen LogP contribution in [0.25, 0.3) is 11.1 Å². The zero-order valence-corrected chi connectivity index (χ0v) is 17.1. The number of methoxy groups -OCH3 is 1. The molecule has 4 rings (SSSR count). The zero-order valence-electron chi connectivity index (χ0n) is 17.1. The number of ether oxygens (including phenoxy) is 1. The first-order chi connectivity index (χ1) is 15.0. The average molecular weight is 425 g/mol. The highest BCUT2D eigenvalue weighted by Crippen LogP contribution is 2.41. The number of nitrogens with zero attached hydrogens (tertiary/aromatic N) is 2. The number of nitro groups is 1. The Morgan fingerprint density at radius 3 is 2.68 bits per heavy atom. The number of aryl methyl sites for hydroxylation is 1. The summed E-state index contributed by atoms with van der Waals surface area (Å²) in [6.07, 6.45) is 2.86. The lowest BCUT2D eigenvalue weighted by Gasteiger charge is -2.19. The van der Waals surface area contributed by atoms with Gasteiger partial charge in [0, 0.05) is 19.0 Å². The number of non-ortho nitro benzene ring substituents is 1. The molecule has 9 heteroatoms. The van der Waals surface area contributed by atoms with Crippen LogP contribution in [0, 0.1) is 16.0 Å². The second kappa shape index (κ2) is 8.63. The lowest BCUT2D eigenvalue weighted by Crippen LogP contribution is -2.30. The smallest absolute Gasteiger partial charge is 0.419 e. The summed E-state index contributed by atoms with van der Waals surface area (Å²) in [7, 11) is 1.62. The molecule has 1 atom stereocenters. The molecule has 1 aromatic heterocycles. The number of benzene rings is 2. The minimum absolute atomic E-state index is 0.0311. The summed E-state index contributed by atoms with van der Waals surface area (Å²) in [5.74, 6) is 0.538. The number of carbonyl (C=O) groups excluding carboxylic acids is 1. The van der Waals surface area contributed by atoms with Crippen LogP contribution in [0.3, 0.4) is 0 Å². The molecule has 1 aliphatic rings. The van der Waals surface area contributed by atoms with Crippen molar-refractivity contribution in [2.45, 2.75) is 38.3 Å². The fourth-order valence-electron chi connectivity index (χ4n) is 3.74. The monoisotopic (exact) mass is 425 g/mol. The number of hydrogen-bond donors (Lipinski definition) is 1. The lowest BCUT2D eigenvalue weighted by atomic mass is 10.0. The molecule has 1 aliphatic carbocycles. The van der Waals surface area contributed by atoms with Crippen LogP contribution in [0.15, 0.2) is 51.7 Å². The molecule has 1 saturated carbocycles. The Hall–Kier alpha value is -3.62. The van der Waals surface area contributed by atoms with Crippen LogP contribution in [0.2, 0.25) is 0 Å². The van der Waals surface area contributed by atoms with E-state index in [4.69, 9.17) is 9.15 Å². The minimum atomic E-state index is -0.593. The number of hydrogen-bond acceptors (Lipinski definition) is 6. The molecule has 1 unspecified atom stereocenters. The Morgan fingerprint density at radius 1 is 1.29 bits per heavy atom. The molecule has 0 spiro atoms. The lowest BCUT2D eigenvalue weighted by molar-refractivity contribution is -0.384. The van der Waals surface area contributed by atoms with E-state index in [0.29, 0.717) is 17.9 Å². The summed E-state index contributed by atoms with van der Waals surface area (Å²) in [5.41, 5.74) is 1.55. The zero-order chi connectivity index (χ0) is 22.0. The molecule has 3 aromatic rings. The summed E-state index contributed by atoms with van der Waals surface area (Å²) < 4.78 is 11.7. The Bertz CT molecular complexity index is 1160. The van der Waals surface area contributed by atoms with Gasteiger partial charge in [0.2, 0.25) is 5.91 Å². The third-order valence-electron chi connectivity index (χ3n) is 5.53. The van der Waals surface area contributed by atoms with Gasteiger partial charge in [-0.25, -0.2) is 4.79 Å². The standard InChI is InChI=1S/C22H23N3O6/c1-30-17-9-6-15(7-10-17)21(14-4-5-14)23-20(26)3-2-12-24-18-11-8-16(25(28)29)13-19(18)31-22(24)27/h6-11,13-14,21H,2-5,12H2,1H3,(H,23,26). The van der Waals surface area contributed by atoms with Crippen molar-refractivity contribution < 1.29 is 18.9 Å². The first-order valence-corrected chi connectivity index (χ1v) is 10.2. The van der Waals surface area contributed by atoms with Crippen molar-refractivity contribution >= 4 is 22.7 Å². The van der Waals surface area contributed by atoms with Crippen LogP contribution in [0.4, 0.5) is 5.69 Å². The number of oxazole rings is 1. The number of rotatable bonds is 9. The van der Waals surface area contributed by atoms with Gasteiger partial charge in [0.05, 0.1) is 29.7 Å². The van der Waals surface area contributed by atoms with Crippen molar-refractivity contribution in [2.75, 3.05) is 7.11 Å². The Balaban J connectivity index is 1.38. The van der Waals surface area contributed by atoms with Crippen LogP contribution in [-0.2, 0) is 11.3 Å². The van der Waals surface area contributed by atoms with Gasteiger partial charge < -0.3 is 14.5 Å². The Morgan fingerprint density at radius 2 is 2.03 bits per heavy atom. The van der Waals surface area contributed by atoms with E-state index in [2.05, 4.69) is 5.32 Å². The van der Waals surface area contributed by atoms with Crippen molar-refractivity contribution in [3.63, 3.8) is 0 Å². The van der Waals surface area contributed by atoms with Crippen LogP contribution in [0.5, 0.6) is 5.75 Å². The van der Waals surface area contributed by atoms with Gasteiger partial charge in [0.15, 0.2) is 5.58 Å². The number of amides is 1. The van der Waals surface area contributed by atoms with Gasteiger partial charge in [0.1, 0.15) is 5.75 Å². The van der Waals surface area contributed by atoms with E-state index in [9.17, 15) is 19.7 Å². The van der Waals surface area contributed by atoms with E-state index in [0.717, 1.165) is 24.2 Å². The van der Waals surface area contributed by atoms with Crippen LogP contribution < -0.4 is 15.8 Å². The van der Waals surface area contributed by atoms with E-state index >= 15 is 0 Å². The maximum Gasteiger partial charge on any atom is 0.419 e. The molecular weight excluding hydrogens is 402 g/mol. The quantitative estimate of drug-likeness (QED) is 0.414. The average Bonchev–Trinajstić information content (AvgIpc) is 3.56. The van der Waals surface area contributed by atoms with Crippen LogP contribution in [-0.4, -0.2) is 22.5 Å². The van der Waals surface area contributed by atoms with Gasteiger partial charge in [-0.15, -0.1) is 0 Å². The molecule has 0 radical (unpaired) electrons. The molecule has 1 amide bonds. The number of nitrogens with one attached hydrogen (secondary N) is 1. The highest BCUT2D eigenvalue weighted by molar-refractivity contribution is 5.77. The summed E-state index contributed by atoms with van der Waals surface area (Å²) in [5, 5.41) is 14.0. The van der Waals surface area contributed by atoms with E-state index in [-0.39, 0.29) is 36.2 Å². The molecule has 0 saturated heterocycles. The topological polar surface area (TPSA) is 117 Å².